The summed E-state index contributed by atoms with van der Waals surface area (Å²) in [6.45, 7) is 5.76. The Labute approximate surface area is 115 Å². The van der Waals surface area contributed by atoms with Crippen LogP contribution in [0.15, 0.2) is 54.6 Å². The van der Waals surface area contributed by atoms with Crippen molar-refractivity contribution in [1.29, 1.82) is 0 Å². The summed E-state index contributed by atoms with van der Waals surface area (Å²) in [6, 6.07) is 18.8. The predicted octanol–water partition coefficient (Wildman–Crippen LogP) is 3.72. The Balaban J connectivity index is 2.01. The fraction of sp³-hybridized carbons (Fsp3) is 0.294. The van der Waals surface area contributed by atoms with Crippen molar-refractivity contribution in [2.75, 3.05) is 13.2 Å². The van der Waals surface area contributed by atoms with Crippen LogP contribution in [0.2, 0.25) is 0 Å². The van der Waals surface area contributed by atoms with E-state index in [-0.39, 0.29) is 6.04 Å². The minimum Gasteiger partial charge on any atom is -0.492 e. The highest BCUT2D eigenvalue weighted by Gasteiger charge is 2.10. The third-order valence-electron chi connectivity index (χ3n) is 3.06. The second kappa shape index (κ2) is 6.95. The van der Waals surface area contributed by atoms with E-state index in [1.54, 1.807) is 0 Å². The molecule has 100 valence electrons. The Morgan fingerprint density at radius 3 is 2.53 bits per heavy atom. The molecule has 0 spiro atoms. The Morgan fingerprint density at radius 2 is 1.84 bits per heavy atom. The number of ether oxygens (including phenoxy) is 1. The molecule has 0 aliphatic carbocycles. The van der Waals surface area contributed by atoms with Crippen molar-refractivity contribution in [1.82, 2.24) is 5.32 Å². The molecule has 1 N–H and O–H groups in total. The van der Waals surface area contributed by atoms with Crippen LogP contribution >= 0.6 is 0 Å². The molecule has 2 aromatic carbocycles. The summed E-state index contributed by atoms with van der Waals surface area (Å²) >= 11 is 0. The highest BCUT2D eigenvalue weighted by molar-refractivity contribution is 5.28. The first kappa shape index (κ1) is 13.6. The average molecular weight is 255 g/mol. The summed E-state index contributed by atoms with van der Waals surface area (Å²) < 4.78 is 5.89. The monoisotopic (exact) mass is 255 g/mol. The van der Waals surface area contributed by atoms with Gasteiger partial charge in [-0.1, -0.05) is 49.4 Å². The fourth-order valence-electron chi connectivity index (χ4n) is 2.09. The van der Waals surface area contributed by atoms with Gasteiger partial charge in [-0.3, -0.25) is 0 Å². The van der Waals surface area contributed by atoms with Crippen molar-refractivity contribution >= 4 is 0 Å². The maximum Gasteiger partial charge on any atom is 0.119 e. The SMILES string of the molecule is CCNC(COc1cccc(C)c1)c1ccccc1. The van der Waals surface area contributed by atoms with E-state index >= 15 is 0 Å². The second-order valence-corrected chi connectivity index (χ2v) is 4.65. The molecule has 2 rings (SSSR count). The first-order valence-corrected chi connectivity index (χ1v) is 6.77. The zero-order chi connectivity index (χ0) is 13.5. The molecular weight excluding hydrogens is 234 g/mol. The quantitative estimate of drug-likeness (QED) is 0.849. The number of nitrogens with one attached hydrogen (secondary N) is 1. The topological polar surface area (TPSA) is 21.3 Å². The van der Waals surface area contributed by atoms with Crippen LogP contribution in [0.3, 0.4) is 0 Å². The van der Waals surface area contributed by atoms with Crippen LogP contribution in [0.25, 0.3) is 0 Å². The van der Waals surface area contributed by atoms with E-state index < -0.39 is 0 Å². The van der Waals surface area contributed by atoms with E-state index in [9.17, 15) is 0 Å². The first-order chi connectivity index (χ1) is 9.29. The number of hydrogen-bond donors (Lipinski definition) is 1. The van der Waals surface area contributed by atoms with Crippen LogP contribution in [-0.4, -0.2) is 13.2 Å². The minimum atomic E-state index is 0.228. The zero-order valence-electron chi connectivity index (χ0n) is 11.6. The summed E-state index contributed by atoms with van der Waals surface area (Å²) in [5.74, 6) is 0.929. The smallest absolute Gasteiger partial charge is 0.119 e. The van der Waals surface area contributed by atoms with Crippen molar-refractivity contribution in [3.8, 4) is 5.75 Å². The largest absolute Gasteiger partial charge is 0.492 e. The van der Waals surface area contributed by atoms with E-state index in [2.05, 4.69) is 55.6 Å². The summed E-state index contributed by atoms with van der Waals surface area (Å²) in [7, 11) is 0. The molecule has 1 unspecified atom stereocenters. The fourth-order valence-corrected chi connectivity index (χ4v) is 2.09. The number of rotatable bonds is 6. The van der Waals surface area contributed by atoms with Gasteiger partial charge >= 0.3 is 0 Å². The molecule has 0 bridgehead atoms. The number of hydrogen-bond acceptors (Lipinski definition) is 2. The zero-order valence-corrected chi connectivity index (χ0v) is 11.6. The van der Waals surface area contributed by atoms with E-state index in [0.717, 1.165) is 12.3 Å². The van der Waals surface area contributed by atoms with E-state index in [1.165, 1.54) is 11.1 Å². The van der Waals surface area contributed by atoms with Gasteiger partial charge < -0.3 is 10.1 Å². The van der Waals surface area contributed by atoms with Gasteiger partial charge in [0.1, 0.15) is 12.4 Å². The molecule has 0 saturated heterocycles. The van der Waals surface area contributed by atoms with Gasteiger partial charge in [0.05, 0.1) is 6.04 Å². The van der Waals surface area contributed by atoms with E-state index in [1.807, 2.05) is 18.2 Å². The van der Waals surface area contributed by atoms with Crippen molar-refractivity contribution in [2.45, 2.75) is 19.9 Å². The lowest BCUT2D eigenvalue weighted by molar-refractivity contribution is 0.268. The molecule has 0 amide bonds. The summed E-state index contributed by atoms with van der Waals surface area (Å²) in [4.78, 5) is 0. The third kappa shape index (κ3) is 4.11. The van der Waals surface area contributed by atoms with Crippen molar-refractivity contribution in [3.05, 3.63) is 65.7 Å². The van der Waals surface area contributed by atoms with Crippen LogP contribution in [0.1, 0.15) is 24.1 Å². The van der Waals surface area contributed by atoms with Crippen LogP contribution < -0.4 is 10.1 Å². The normalized spacial score (nSPS) is 12.1. The molecule has 0 saturated carbocycles. The Morgan fingerprint density at radius 1 is 1.05 bits per heavy atom. The maximum atomic E-state index is 5.89. The van der Waals surface area contributed by atoms with Gasteiger partial charge in [-0.2, -0.15) is 0 Å². The summed E-state index contributed by atoms with van der Waals surface area (Å²) in [5, 5.41) is 3.46. The number of benzene rings is 2. The van der Waals surface area contributed by atoms with Crippen molar-refractivity contribution in [3.63, 3.8) is 0 Å². The lowest BCUT2D eigenvalue weighted by atomic mass is 10.1. The summed E-state index contributed by atoms with van der Waals surface area (Å²) in [5.41, 5.74) is 2.48. The molecule has 0 fully saturated rings. The molecule has 2 nitrogen and oxygen atoms in total. The molecule has 2 aromatic rings. The van der Waals surface area contributed by atoms with Crippen molar-refractivity contribution < 1.29 is 4.74 Å². The molecule has 0 aliphatic heterocycles. The minimum absolute atomic E-state index is 0.228. The van der Waals surface area contributed by atoms with Gasteiger partial charge in [0.15, 0.2) is 0 Å². The molecule has 0 aliphatic rings. The van der Waals surface area contributed by atoms with Gasteiger partial charge in [0, 0.05) is 0 Å². The van der Waals surface area contributed by atoms with Gasteiger partial charge in [-0.25, -0.2) is 0 Å². The molecule has 19 heavy (non-hydrogen) atoms. The second-order valence-electron chi connectivity index (χ2n) is 4.65. The van der Waals surface area contributed by atoms with Gasteiger partial charge in [0.2, 0.25) is 0 Å². The lowest BCUT2D eigenvalue weighted by Crippen LogP contribution is -2.26. The highest BCUT2D eigenvalue weighted by Crippen LogP contribution is 2.17. The van der Waals surface area contributed by atoms with Crippen LogP contribution in [0.4, 0.5) is 0 Å². The Bertz CT molecular complexity index is 496. The molecule has 2 heteroatoms. The Hall–Kier alpha value is -1.80. The standard InChI is InChI=1S/C17H21NO/c1-3-18-17(15-9-5-4-6-10-15)13-19-16-11-7-8-14(2)12-16/h4-12,17-18H,3,13H2,1-2H3. The lowest BCUT2D eigenvalue weighted by Gasteiger charge is -2.19. The number of likely N-dealkylation sites (N-methyl/N-ethyl adjacent to an activating group) is 1. The maximum absolute atomic E-state index is 5.89. The van der Waals surface area contributed by atoms with E-state index in [4.69, 9.17) is 4.74 Å². The third-order valence-corrected chi connectivity index (χ3v) is 3.06. The summed E-state index contributed by atoms with van der Waals surface area (Å²) in [6.07, 6.45) is 0. The number of aryl methyl sites for hydroxylation is 1. The van der Waals surface area contributed by atoms with Crippen LogP contribution in [0, 0.1) is 6.92 Å². The van der Waals surface area contributed by atoms with Gasteiger partial charge in [-0.15, -0.1) is 0 Å². The van der Waals surface area contributed by atoms with E-state index in [0.29, 0.717) is 6.61 Å². The van der Waals surface area contributed by atoms with Crippen molar-refractivity contribution in [2.24, 2.45) is 0 Å². The molecule has 0 aromatic heterocycles. The molecule has 0 radical (unpaired) electrons. The molecule has 1 atom stereocenters. The highest BCUT2D eigenvalue weighted by atomic mass is 16.5. The average Bonchev–Trinajstić information content (AvgIpc) is 2.44. The first-order valence-electron chi connectivity index (χ1n) is 6.77. The predicted molar refractivity (Wildman–Crippen MR) is 79.5 cm³/mol. The van der Waals surface area contributed by atoms with Gasteiger partial charge in [-0.05, 0) is 36.7 Å². The molecule has 0 heterocycles. The van der Waals surface area contributed by atoms with Crippen LogP contribution in [-0.2, 0) is 0 Å². The molecular formula is C17H21NO. The van der Waals surface area contributed by atoms with Crippen LogP contribution in [0.5, 0.6) is 5.75 Å². The van der Waals surface area contributed by atoms with Gasteiger partial charge in [0.25, 0.3) is 0 Å². The Kier molecular flexibility index (Phi) is 4.99.